The number of rotatable bonds is 30. The van der Waals surface area contributed by atoms with Crippen molar-refractivity contribution in [3.05, 3.63) is 36.5 Å². The highest BCUT2D eigenvalue weighted by molar-refractivity contribution is 5.67. The second-order valence-electron chi connectivity index (χ2n) is 12.6. The quantitative estimate of drug-likeness (QED) is 0.0618. The molecule has 1 amide bonds. The number of nitrogens with zero attached hydrogens (tertiary/aromatic N) is 2. The lowest BCUT2D eigenvalue weighted by molar-refractivity contribution is 0.0571. The number of likely N-dealkylation sites (N-methyl/N-ethyl adjacent to an activating group) is 2. The Morgan fingerprint density at radius 2 is 1.00 bits per heavy atom. The van der Waals surface area contributed by atoms with Gasteiger partial charge in [0.1, 0.15) is 6.10 Å². The standard InChI is InChI=1S/C38H72N2O2/c1-6-8-10-12-14-16-18-19-20-21-22-24-26-28-30-32-34-37(42-38(41)40(5)36-35-39(3)4)33-31-29-27-25-23-17-15-13-11-9-7-2/h11,13-14,16,19-20,37H,6-10,12,15,17-18,21-36H2,1-5H3/b13-11-,16-14-,20-19-. The monoisotopic (exact) mass is 589 g/mol. The lowest BCUT2D eigenvalue weighted by Crippen LogP contribution is -2.36. The first-order chi connectivity index (χ1) is 20.5. The van der Waals surface area contributed by atoms with Crippen molar-refractivity contribution in [2.75, 3.05) is 34.2 Å². The molecule has 0 heterocycles. The molecule has 246 valence electrons. The van der Waals surface area contributed by atoms with E-state index in [2.05, 4.69) is 55.2 Å². The first-order valence-electron chi connectivity index (χ1n) is 18.0. The van der Waals surface area contributed by atoms with Crippen molar-refractivity contribution < 1.29 is 9.53 Å². The van der Waals surface area contributed by atoms with Gasteiger partial charge in [-0.3, -0.25) is 0 Å². The minimum absolute atomic E-state index is 0.0637. The van der Waals surface area contributed by atoms with Gasteiger partial charge in [0.25, 0.3) is 0 Å². The van der Waals surface area contributed by atoms with Gasteiger partial charge < -0.3 is 14.5 Å². The first kappa shape index (κ1) is 40.5. The molecular formula is C38H72N2O2. The fraction of sp³-hybridized carbons (Fsp3) is 0.816. The van der Waals surface area contributed by atoms with Crippen LogP contribution in [0.1, 0.15) is 162 Å². The minimum atomic E-state index is -0.155. The Morgan fingerprint density at radius 3 is 1.50 bits per heavy atom. The van der Waals surface area contributed by atoms with Crippen LogP contribution in [0.25, 0.3) is 0 Å². The van der Waals surface area contributed by atoms with Crippen molar-refractivity contribution in [3.8, 4) is 0 Å². The van der Waals surface area contributed by atoms with E-state index in [1.54, 1.807) is 4.90 Å². The molecular weight excluding hydrogens is 516 g/mol. The molecule has 0 saturated carbocycles. The van der Waals surface area contributed by atoms with Gasteiger partial charge in [-0.15, -0.1) is 0 Å². The third-order valence-electron chi connectivity index (χ3n) is 7.96. The van der Waals surface area contributed by atoms with Crippen LogP contribution >= 0.6 is 0 Å². The Kier molecular flexibility index (Phi) is 31.2. The van der Waals surface area contributed by atoms with E-state index in [0.29, 0.717) is 6.54 Å². The predicted octanol–water partition coefficient (Wildman–Crippen LogP) is 11.7. The first-order valence-corrected chi connectivity index (χ1v) is 18.0. The van der Waals surface area contributed by atoms with E-state index in [1.165, 1.54) is 116 Å². The highest BCUT2D eigenvalue weighted by Gasteiger charge is 2.17. The largest absolute Gasteiger partial charge is 0.446 e. The highest BCUT2D eigenvalue weighted by Crippen LogP contribution is 2.18. The molecule has 42 heavy (non-hydrogen) atoms. The van der Waals surface area contributed by atoms with Crippen LogP contribution in [0, 0.1) is 0 Å². The minimum Gasteiger partial charge on any atom is -0.446 e. The SMILES string of the molecule is CCC/C=C\CCCCCCCCC(CCCCCCCC/C=C\C/C=C\CCCCC)OC(=O)N(C)CCN(C)C. The lowest BCUT2D eigenvalue weighted by atomic mass is 10.0. The predicted molar refractivity (Wildman–Crippen MR) is 186 cm³/mol. The Morgan fingerprint density at radius 1 is 0.548 bits per heavy atom. The van der Waals surface area contributed by atoms with Crippen molar-refractivity contribution in [2.24, 2.45) is 0 Å². The van der Waals surface area contributed by atoms with Gasteiger partial charge in [0, 0.05) is 20.1 Å². The third-order valence-corrected chi connectivity index (χ3v) is 7.96. The Balaban J connectivity index is 4.12. The van der Waals surface area contributed by atoms with Crippen LogP contribution in [0.15, 0.2) is 36.5 Å². The number of hydrogen-bond donors (Lipinski definition) is 0. The topological polar surface area (TPSA) is 32.8 Å². The molecule has 1 atom stereocenters. The smallest absolute Gasteiger partial charge is 0.409 e. The molecule has 0 fully saturated rings. The zero-order chi connectivity index (χ0) is 30.9. The summed E-state index contributed by atoms with van der Waals surface area (Å²) in [7, 11) is 5.94. The molecule has 0 bridgehead atoms. The van der Waals surface area contributed by atoms with Crippen LogP contribution in [0.5, 0.6) is 0 Å². The van der Waals surface area contributed by atoms with Crippen LogP contribution in [-0.4, -0.2) is 56.2 Å². The van der Waals surface area contributed by atoms with E-state index >= 15 is 0 Å². The third kappa shape index (κ3) is 29.9. The molecule has 4 nitrogen and oxygen atoms in total. The number of unbranched alkanes of at least 4 members (excludes halogenated alkanes) is 16. The maximum absolute atomic E-state index is 12.7. The van der Waals surface area contributed by atoms with Crippen molar-refractivity contribution in [1.82, 2.24) is 9.80 Å². The Labute approximate surface area is 263 Å². The molecule has 0 aromatic carbocycles. The number of allylic oxidation sites excluding steroid dienone is 6. The van der Waals surface area contributed by atoms with Crippen molar-refractivity contribution >= 4 is 6.09 Å². The summed E-state index contributed by atoms with van der Waals surface area (Å²) in [6.45, 7) is 6.06. The van der Waals surface area contributed by atoms with E-state index in [-0.39, 0.29) is 12.2 Å². The van der Waals surface area contributed by atoms with Gasteiger partial charge in [0.05, 0.1) is 0 Å². The highest BCUT2D eigenvalue weighted by atomic mass is 16.6. The van der Waals surface area contributed by atoms with E-state index in [9.17, 15) is 4.79 Å². The molecule has 0 aliphatic carbocycles. The number of ether oxygens (including phenoxy) is 1. The average Bonchev–Trinajstić information content (AvgIpc) is 2.98. The molecule has 0 aliphatic heterocycles. The van der Waals surface area contributed by atoms with Crippen LogP contribution < -0.4 is 0 Å². The molecule has 4 heteroatoms. The molecule has 0 spiro atoms. The summed E-state index contributed by atoms with van der Waals surface area (Å²) < 4.78 is 6.01. The van der Waals surface area contributed by atoms with E-state index in [0.717, 1.165) is 38.6 Å². The van der Waals surface area contributed by atoms with Crippen LogP contribution in [0.2, 0.25) is 0 Å². The number of carbonyl (C=O) groups is 1. The molecule has 0 saturated heterocycles. The molecule has 0 aromatic rings. The van der Waals surface area contributed by atoms with E-state index in [1.807, 2.05) is 21.1 Å². The van der Waals surface area contributed by atoms with Gasteiger partial charge in [-0.1, -0.05) is 121 Å². The molecule has 0 aromatic heterocycles. The van der Waals surface area contributed by atoms with Crippen LogP contribution in [0.4, 0.5) is 4.79 Å². The van der Waals surface area contributed by atoms with Gasteiger partial charge in [-0.2, -0.15) is 0 Å². The Hall–Kier alpha value is -1.55. The summed E-state index contributed by atoms with van der Waals surface area (Å²) in [4.78, 5) is 16.6. The normalized spacial score (nSPS) is 12.8. The summed E-state index contributed by atoms with van der Waals surface area (Å²) in [6.07, 6.45) is 42.4. The van der Waals surface area contributed by atoms with Crippen LogP contribution in [0.3, 0.4) is 0 Å². The van der Waals surface area contributed by atoms with Gasteiger partial charge in [-0.25, -0.2) is 4.79 Å². The van der Waals surface area contributed by atoms with Crippen molar-refractivity contribution in [1.29, 1.82) is 0 Å². The zero-order valence-corrected chi connectivity index (χ0v) is 28.9. The molecule has 0 aliphatic rings. The lowest BCUT2D eigenvalue weighted by Gasteiger charge is -2.24. The number of amides is 1. The number of hydrogen-bond acceptors (Lipinski definition) is 3. The van der Waals surface area contributed by atoms with Gasteiger partial charge in [0.15, 0.2) is 0 Å². The van der Waals surface area contributed by atoms with Crippen molar-refractivity contribution in [3.63, 3.8) is 0 Å². The average molecular weight is 589 g/mol. The second-order valence-corrected chi connectivity index (χ2v) is 12.6. The molecule has 0 N–H and O–H groups in total. The fourth-order valence-electron chi connectivity index (χ4n) is 5.04. The van der Waals surface area contributed by atoms with Gasteiger partial charge in [-0.05, 0) is 91.1 Å². The van der Waals surface area contributed by atoms with E-state index in [4.69, 9.17) is 4.74 Å². The maximum Gasteiger partial charge on any atom is 0.409 e. The zero-order valence-electron chi connectivity index (χ0n) is 28.9. The van der Waals surface area contributed by atoms with Crippen molar-refractivity contribution in [2.45, 2.75) is 168 Å². The summed E-state index contributed by atoms with van der Waals surface area (Å²) in [5.74, 6) is 0. The number of carbonyl (C=O) groups excluding carboxylic acids is 1. The Bertz CT molecular complexity index is 655. The molecule has 0 radical (unpaired) electrons. The fourth-order valence-corrected chi connectivity index (χ4v) is 5.04. The summed E-state index contributed by atoms with van der Waals surface area (Å²) in [5.41, 5.74) is 0. The summed E-state index contributed by atoms with van der Waals surface area (Å²) in [6, 6.07) is 0. The molecule has 0 rings (SSSR count). The molecule has 1 unspecified atom stereocenters. The van der Waals surface area contributed by atoms with Gasteiger partial charge >= 0.3 is 6.09 Å². The second kappa shape index (κ2) is 32.4. The summed E-state index contributed by atoms with van der Waals surface area (Å²) in [5, 5.41) is 0. The van der Waals surface area contributed by atoms with E-state index < -0.39 is 0 Å². The maximum atomic E-state index is 12.7. The van der Waals surface area contributed by atoms with Gasteiger partial charge in [0.2, 0.25) is 0 Å². The van der Waals surface area contributed by atoms with Crippen LogP contribution in [-0.2, 0) is 4.74 Å². The summed E-state index contributed by atoms with van der Waals surface area (Å²) >= 11 is 0.